The van der Waals surface area contributed by atoms with Gasteiger partial charge in [0.2, 0.25) is 0 Å². The van der Waals surface area contributed by atoms with E-state index in [2.05, 4.69) is 0 Å². The molecule has 0 radical (unpaired) electrons. The molecule has 0 N–H and O–H groups in total. The zero-order chi connectivity index (χ0) is 12.3. The van der Waals surface area contributed by atoms with Crippen LogP contribution in [0.15, 0.2) is 48.5 Å². The Bertz CT molecular complexity index is 497. The summed E-state index contributed by atoms with van der Waals surface area (Å²) in [5.41, 5.74) is 0.651. The van der Waals surface area contributed by atoms with Crippen molar-refractivity contribution >= 4 is 19.2 Å². The van der Waals surface area contributed by atoms with Gasteiger partial charge in [-0.05, 0) is 23.3 Å². The first-order chi connectivity index (χ1) is 8.24. The maximum Gasteiger partial charge on any atom is 0.127 e. The van der Waals surface area contributed by atoms with Gasteiger partial charge in [-0.15, -0.1) is 11.8 Å². The van der Waals surface area contributed by atoms with Crippen LogP contribution >= 0.6 is 7.36 Å². The second-order valence-corrected chi connectivity index (χ2v) is 5.41. The van der Waals surface area contributed by atoms with E-state index in [4.69, 9.17) is 11.8 Å². The van der Waals surface area contributed by atoms with E-state index < -0.39 is 7.36 Å². The Morgan fingerprint density at radius 3 is 1.59 bits per heavy atom. The molecule has 0 bridgehead atoms. The summed E-state index contributed by atoms with van der Waals surface area (Å²) >= 11 is 5.11. The third kappa shape index (κ3) is 2.62. The minimum Gasteiger partial charge on any atom is -0.207 e. The van der Waals surface area contributed by atoms with Crippen LogP contribution in [0.4, 0.5) is 8.78 Å². The van der Waals surface area contributed by atoms with Gasteiger partial charge in [0.1, 0.15) is 11.6 Å². The third-order valence-corrected chi connectivity index (χ3v) is 4.42. The maximum atomic E-state index is 13.7. The number of hydrogen-bond donors (Lipinski definition) is 0. The topological polar surface area (TPSA) is 0 Å². The number of halogens is 2. The van der Waals surface area contributed by atoms with Crippen LogP contribution in [0.25, 0.3) is 0 Å². The van der Waals surface area contributed by atoms with Crippen molar-refractivity contribution in [3.8, 4) is 0 Å². The molecule has 0 fully saturated rings. The molecule has 0 saturated heterocycles. The molecule has 2 aromatic carbocycles. The Hall–Kier alpha value is -1.05. The number of benzene rings is 2. The standard InChI is InChI=1S/C13H11F2PS/c14-11-7-3-1-5-9(11)13(16-17)10-6-2-4-8-12(10)15/h1-8,13H,16H2. The fraction of sp³-hybridized carbons (Fsp3) is 0.0769. The molecular weight excluding hydrogens is 257 g/mol. The van der Waals surface area contributed by atoms with E-state index in [-0.39, 0.29) is 17.3 Å². The molecule has 1 unspecified atom stereocenters. The summed E-state index contributed by atoms with van der Waals surface area (Å²) in [6.45, 7) is 0. The second-order valence-electron chi connectivity index (χ2n) is 3.66. The molecule has 4 heteroatoms. The van der Waals surface area contributed by atoms with Crippen molar-refractivity contribution in [3.05, 3.63) is 71.3 Å². The number of hydrogen-bond acceptors (Lipinski definition) is 1. The van der Waals surface area contributed by atoms with Gasteiger partial charge in [0.05, 0.1) is 0 Å². The van der Waals surface area contributed by atoms with Gasteiger partial charge in [-0.2, -0.15) is 0 Å². The first kappa shape index (κ1) is 12.4. The van der Waals surface area contributed by atoms with Gasteiger partial charge in [-0.1, -0.05) is 43.8 Å². The smallest absolute Gasteiger partial charge is 0.127 e. The van der Waals surface area contributed by atoms with Gasteiger partial charge < -0.3 is 0 Å². The van der Waals surface area contributed by atoms with Gasteiger partial charge in [0.25, 0.3) is 0 Å². The maximum absolute atomic E-state index is 13.7. The van der Waals surface area contributed by atoms with Crippen LogP contribution in [0.1, 0.15) is 16.8 Å². The lowest BCUT2D eigenvalue weighted by molar-refractivity contribution is 0.597. The van der Waals surface area contributed by atoms with Crippen LogP contribution in [0.3, 0.4) is 0 Å². The zero-order valence-electron chi connectivity index (χ0n) is 8.94. The van der Waals surface area contributed by atoms with E-state index in [0.29, 0.717) is 11.1 Å². The Morgan fingerprint density at radius 1 is 0.824 bits per heavy atom. The Morgan fingerprint density at radius 2 is 1.24 bits per heavy atom. The molecule has 17 heavy (non-hydrogen) atoms. The average molecular weight is 268 g/mol. The first-order valence-electron chi connectivity index (χ1n) is 5.18. The minimum atomic E-state index is -0.504. The Balaban J connectivity index is 2.52. The highest BCUT2D eigenvalue weighted by molar-refractivity contribution is 7.96. The highest BCUT2D eigenvalue weighted by Crippen LogP contribution is 2.36. The van der Waals surface area contributed by atoms with Crippen LogP contribution in [0.2, 0.25) is 0 Å². The van der Waals surface area contributed by atoms with Crippen molar-refractivity contribution < 1.29 is 8.78 Å². The van der Waals surface area contributed by atoms with E-state index in [0.717, 1.165) is 0 Å². The summed E-state index contributed by atoms with van der Waals surface area (Å²) in [7, 11) is -0.504. The van der Waals surface area contributed by atoms with Gasteiger partial charge in [-0.25, -0.2) is 8.78 Å². The van der Waals surface area contributed by atoms with Crippen LogP contribution < -0.4 is 0 Å². The van der Waals surface area contributed by atoms with Crippen LogP contribution in [0, 0.1) is 11.6 Å². The lowest BCUT2D eigenvalue weighted by Gasteiger charge is -2.14. The summed E-state index contributed by atoms with van der Waals surface area (Å²) in [6.07, 6.45) is 0. The SMILES string of the molecule is Fc1ccccc1C([PH2]=S)c1ccccc1F. The predicted molar refractivity (Wildman–Crippen MR) is 71.7 cm³/mol. The molecule has 0 heterocycles. The van der Waals surface area contributed by atoms with Crippen molar-refractivity contribution in [1.82, 2.24) is 0 Å². The van der Waals surface area contributed by atoms with Crippen LogP contribution in [-0.2, 0) is 11.8 Å². The summed E-state index contributed by atoms with van der Waals surface area (Å²) in [5, 5.41) is 0. The highest BCUT2D eigenvalue weighted by Gasteiger charge is 2.17. The van der Waals surface area contributed by atoms with Crippen molar-refractivity contribution in [2.24, 2.45) is 0 Å². The summed E-state index contributed by atoms with van der Waals surface area (Å²) in [4.78, 5) is 0. The molecule has 0 aliphatic rings. The fourth-order valence-corrected chi connectivity index (χ4v) is 3.48. The minimum absolute atomic E-state index is 0.321. The van der Waals surface area contributed by atoms with E-state index in [1.807, 2.05) is 0 Å². The monoisotopic (exact) mass is 268 g/mol. The van der Waals surface area contributed by atoms with Gasteiger partial charge in [-0.3, -0.25) is 0 Å². The molecule has 0 aliphatic heterocycles. The Kier molecular flexibility index (Phi) is 4.03. The molecular formula is C13H11F2PS. The average Bonchev–Trinajstić information content (AvgIpc) is 2.34. The molecule has 88 valence electrons. The lowest BCUT2D eigenvalue weighted by Crippen LogP contribution is -1.99. The normalized spacial score (nSPS) is 11.5. The Labute approximate surface area is 105 Å². The summed E-state index contributed by atoms with van der Waals surface area (Å²) in [5.74, 6) is -0.642. The molecule has 0 amide bonds. The quantitative estimate of drug-likeness (QED) is 0.760. The van der Waals surface area contributed by atoms with Gasteiger partial charge >= 0.3 is 0 Å². The van der Waals surface area contributed by atoms with E-state index in [9.17, 15) is 8.78 Å². The van der Waals surface area contributed by atoms with E-state index in [1.165, 1.54) is 12.1 Å². The molecule has 0 aromatic heterocycles. The summed E-state index contributed by atoms with van der Waals surface area (Å²) < 4.78 is 27.4. The molecule has 0 spiro atoms. The van der Waals surface area contributed by atoms with Crippen molar-refractivity contribution in [1.29, 1.82) is 0 Å². The van der Waals surface area contributed by atoms with Crippen LogP contribution in [0.5, 0.6) is 0 Å². The third-order valence-electron chi connectivity index (χ3n) is 2.62. The van der Waals surface area contributed by atoms with Crippen LogP contribution in [-0.4, -0.2) is 0 Å². The molecule has 0 saturated carbocycles. The second kappa shape index (κ2) is 5.52. The lowest BCUT2D eigenvalue weighted by atomic mass is 10.0. The fourth-order valence-electron chi connectivity index (χ4n) is 1.77. The van der Waals surface area contributed by atoms with Crippen molar-refractivity contribution in [2.45, 2.75) is 5.66 Å². The highest BCUT2D eigenvalue weighted by atomic mass is 32.4. The molecule has 0 aliphatic carbocycles. The first-order valence-corrected chi connectivity index (χ1v) is 7.73. The molecule has 1 atom stereocenters. The summed E-state index contributed by atoms with van der Waals surface area (Å²) in [6, 6.07) is 12.8. The van der Waals surface area contributed by atoms with Crippen molar-refractivity contribution in [3.63, 3.8) is 0 Å². The largest absolute Gasteiger partial charge is 0.207 e. The van der Waals surface area contributed by atoms with Crippen molar-refractivity contribution in [2.75, 3.05) is 0 Å². The predicted octanol–water partition coefficient (Wildman–Crippen LogP) is 3.93. The van der Waals surface area contributed by atoms with E-state index in [1.54, 1.807) is 36.4 Å². The number of rotatable bonds is 3. The van der Waals surface area contributed by atoms with Gasteiger partial charge in [0, 0.05) is 5.66 Å². The molecule has 2 aromatic rings. The zero-order valence-corrected chi connectivity index (χ0v) is 10.9. The molecule has 2 rings (SSSR count). The molecule has 0 nitrogen and oxygen atoms in total. The van der Waals surface area contributed by atoms with E-state index >= 15 is 0 Å². The van der Waals surface area contributed by atoms with Gasteiger partial charge in [0.15, 0.2) is 0 Å².